The number of hydrogen-bond donors (Lipinski definition) is 1. The SMILES string of the molecule is CCCN1CCN(C(CN)C2CCSC2)CC1. The normalized spacial score (nSPS) is 29.6. The Morgan fingerprint density at radius 3 is 2.59 bits per heavy atom. The predicted molar refractivity (Wildman–Crippen MR) is 76.6 cm³/mol. The van der Waals surface area contributed by atoms with Crippen LogP contribution in [0.3, 0.4) is 0 Å². The predicted octanol–water partition coefficient (Wildman–Crippen LogP) is 1.09. The zero-order chi connectivity index (χ0) is 12.1. The first-order valence-electron chi connectivity index (χ1n) is 7.09. The highest BCUT2D eigenvalue weighted by molar-refractivity contribution is 7.99. The molecule has 2 fully saturated rings. The van der Waals surface area contributed by atoms with Crippen molar-refractivity contribution in [3.8, 4) is 0 Å². The van der Waals surface area contributed by atoms with Gasteiger partial charge in [-0.2, -0.15) is 11.8 Å². The lowest BCUT2D eigenvalue weighted by atomic mass is 9.97. The molecule has 4 heteroatoms. The molecule has 2 atom stereocenters. The third kappa shape index (κ3) is 3.60. The quantitative estimate of drug-likeness (QED) is 0.799. The van der Waals surface area contributed by atoms with Gasteiger partial charge in [-0.25, -0.2) is 0 Å². The molecule has 0 aromatic heterocycles. The lowest BCUT2D eigenvalue weighted by Gasteiger charge is -2.41. The highest BCUT2D eigenvalue weighted by atomic mass is 32.2. The van der Waals surface area contributed by atoms with Gasteiger partial charge in [-0.1, -0.05) is 6.92 Å². The molecule has 2 saturated heterocycles. The lowest BCUT2D eigenvalue weighted by molar-refractivity contribution is 0.0777. The summed E-state index contributed by atoms with van der Waals surface area (Å²) < 4.78 is 0. The van der Waals surface area contributed by atoms with E-state index in [0.717, 1.165) is 12.5 Å². The zero-order valence-corrected chi connectivity index (χ0v) is 11.9. The van der Waals surface area contributed by atoms with Crippen molar-refractivity contribution in [3.05, 3.63) is 0 Å². The second-order valence-electron chi connectivity index (χ2n) is 5.30. The molecule has 0 aromatic carbocycles. The number of rotatable bonds is 5. The maximum absolute atomic E-state index is 6.01. The summed E-state index contributed by atoms with van der Waals surface area (Å²) >= 11 is 2.11. The molecular weight excluding hydrogens is 230 g/mol. The van der Waals surface area contributed by atoms with Crippen LogP contribution in [0.1, 0.15) is 19.8 Å². The summed E-state index contributed by atoms with van der Waals surface area (Å²) in [6.45, 7) is 9.31. The molecule has 2 heterocycles. The molecular formula is C13H27N3S. The van der Waals surface area contributed by atoms with Crippen molar-refractivity contribution in [1.82, 2.24) is 9.80 Å². The lowest BCUT2D eigenvalue weighted by Crippen LogP contribution is -2.54. The summed E-state index contributed by atoms with van der Waals surface area (Å²) in [4.78, 5) is 5.25. The summed E-state index contributed by atoms with van der Waals surface area (Å²) in [7, 11) is 0. The Balaban J connectivity index is 1.81. The van der Waals surface area contributed by atoms with Crippen LogP contribution in [0.5, 0.6) is 0 Å². The molecule has 3 nitrogen and oxygen atoms in total. The Morgan fingerprint density at radius 2 is 2.06 bits per heavy atom. The third-order valence-electron chi connectivity index (χ3n) is 4.17. The highest BCUT2D eigenvalue weighted by Gasteiger charge is 2.30. The van der Waals surface area contributed by atoms with Crippen molar-refractivity contribution in [2.24, 2.45) is 11.7 Å². The minimum atomic E-state index is 0.647. The van der Waals surface area contributed by atoms with E-state index in [9.17, 15) is 0 Å². The van der Waals surface area contributed by atoms with Crippen LogP contribution in [0.15, 0.2) is 0 Å². The van der Waals surface area contributed by atoms with Gasteiger partial charge in [0.25, 0.3) is 0 Å². The van der Waals surface area contributed by atoms with Gasteiger partial charge in [0.1, 0.15) is 0 Å². The average molecular weight is 257 g/mol. The number of nitrogens with two attached hydrogens (primary N) is 1. The van der Waals surface area contributed by atoms with Crippen molar-refractivity contribution in [2.75, 3.05) is 50.8 Å². The van der Waals surface area contributed by atoms with Crippen molar-refractivity contribution in [2.45, 2.75) is 25.8 Å². The molecule has 0 saturated carbocycles. The first kappa shape index (κ1) is 13.7. The molecule has 2 aliphatic heterocycles. The molecule has 0 bridgehead atoms. The number of piperazine rings is 1. The number of nitrogens with zero attached hydrogens (tertiary/aromatic N) is 2. The minimum absolute atomic E-state index is 0.647. The summed E-state index contributed by atoms with van der Waals surface area (Å²) in [6, 6.07) is 0.647. The van der Waals surface area contributed by atoms with Crippen LogP contribution in [0.2, 0.25) is 0 Å². The molecule has 2 N–H and O–H groups in total. The Hall–Kier alpha value is 0.230. The molecule has 0 amide bonds. The van der Waals surface area contributed by atoms with Gasteiger partial charge < -0.3 is 10.6 Å². The summed E-state index contributed by atoms with van der Waals surface area (Å²) in [5, 5.41) is 0. The second-order valence-corrected chi connectivity index (χ2v) is 6.45. The van der Waals surface area contributed by atoms with E-state index in [0.29, 0.717) is 6.04 Å². The third-order valence-corrected chi connectivity index (χ3v) is 5.35. The maximum Gasteiger partial charge on any atom is 0.0255 e. The standard InChI is InChI=1S/C13H27N3S/c1-2-4-15-5-7-16(8-6-15)13(10-14)12-3-9-17-11-12/h12-13H,2-11,14H2,1H3. The molecule has 0 spiro atoms. The van der Waals surface area contributed by atoms with Crippen LogP contribution in [0.25, 0.3) is 0 Å². The fraction of sp³-hybridized carbons (Fsp3) is 1.00. The largest absolute Gasteiger partial charge is 0.329 e. The van der Waals surface area contributed by atoms with Gasteiger partial charge in [-0.15, -0.1) is 0 Å². The molecule has 2 unspecified atom stereocenters. The topological polar surface area (TPSA) is 32.5 Å². The van der Waals surface area contributed by atoms with Crippen LogP contribution < -0.4 is 5.73 Å². The maximum atomic E-state index is 6.01. The van der Waals surface area contributed by atoms with E-state index < -0.39 is 0 Å². The van der Waals surface area contributed by atoms with Crippen molar-refractivity contribution in [3.63, 3.8) is 0 Å². The van der Waals surface area contributed by atoms with Crippen LogP contribution in [0.4, 0.5) is 0 Å². The summed E-state index contributed by atoms with van der Waals surface area (Å²) in [5.41, 5.74) is 6.01. The average Bonchev–Trinajstić information content (AvgIpc) is 2.86. The second kappa shape index (κ2) is 6.98. The van der Waals surface area contributed by atoms with E-state index in [1.54, 1.807) is 0 Å². The van der Waals surface area contributed by atoms with E-state index in [4.69, 9.17) is 5.73 Å². The van der Waals surface area contributed by atoms with Gasteiger partial charge in [0.05, 0.1) is 0 Å². The van der Waals surface area contributed by atoms with Crippen LogP contribution in [0, 0.1) is 5.92 Å². The Kier molecular flexibility index (Phi) is 5.60. The van der Waals surface area contributed by atoms with Crippen LogP contribution >= 0.6 is 11.8 Å². The van der Waals surface area contributed by atoms with E-state index >= 15 is 0 Å². The van der Waals surface area contributed by atoms with Crippen molar-refractivity contribution in [1.29, 1.82) is 0 Å². The molecule has 100 valence electrons. The molecule has 2 aliphatic rings. The molecule has 0 aliphatic carbocycles. The Morgan fingerprint density at radius 1 is 1.29 bits per heavy atom. The fourth-order valence-corrected chi connectivity index (χ4v) is 4.46. The van der Waals surface area contributed by atoms with Gasteiger partial charge >= 0.3 is 0 Å². The monoisotopic (exact) mass is 257 g/mol. The minimum Gasteiger partial charge on any atom is -0.329 e. The number of thioether (sulfide) groups is 1. The Labute approximate surface area is 110 Å². The van der Waals surface area contributed by atoms with Gasteiger partial charge in [-0.05, 0) is 36.8 Å². The van der Waals surface area contributed by atoms with E-state index in [-0.39, 0.29) is 0 Å². The van der Waals surface area contributed by atoms with E-state index in [1.807, 2.05) is 0 Å². The van der Waals surface area contributed by atoms with E-state index in [1.165, 1.54) is 57.1 Å². The molecule has 0 radical (unpaired) electrons. The molecule has 2 rings (SSSR count). The molecule has 17 heavy (non-hydrogen) atoms. The zero-order valence-electron chi connectivity index (χ0n) is 11.1. The number of hydrogen-bond acceptors (Lipinski definition) is 4. The fourth-order valence-electron chi connectivity index (χ4n) is 3.13. The first-order valence-corrected chi connectivity index (χ1v) is 8.24. The van der Waals surface area contributed by atoms with Crippen molar-refractivity contribution < 1.29 is 0 Å². The molecule has 0 aromatic rings. The van der Waals surface area contributed by atoms with Gasteiger partial charge in [0.2, 0.25) is 0 Å². The summed E-state index contributed by atoms with van der Waals surface area (Å²) in [6.07, 6.45) is 2.65. The summed E-state index contributed by atoms with van der Waals surface area (Å²) in [5.74, 6) is 3.52. The van der Waals surface area contributed by atoms with Crippen molar-refractivity contribution >= 4 is 11.8 Å². The van der Waals surface area contributed by atoms with E-state index in [2.05, 4.69) is 28.5 Å². The van der Waals surface area contributed by atoms with Crippen LogP contribution in [-0.2, 0) is 0 Å². The highest BCUT2D eigenvalue weighted by Crippen LogP contribution is 2.28. The smallest absolute Gasteiger partial charge is 0.0255 e. The van der Waals surface area contributed by atoms with Gasteiger partial charge in [0, 0.05) is 38.8 Å². The first-order chi connectivity index (χ1) is 8.35. The van der Waals surface area contributed by atoms with Gasteiger partial charge in [0.15, 0.2) is 0 Å². The van der Waals surface area contributed by atoms with Gasteiger partial charge in [-0.3, -0.25) is 4.90 Å². The van der Waals surface area contributed by atoms with Crippen LogP contribution in [-0.4, -0.2) is 66.6 Å². The Bertz CT molecular complexity index is 211.